The number of rotatable bonds is 6. The summed E-state index contributed by atoms with van der Waals surface area (Å²) in [5.41, 5.74) is 8.42. The number of benzene rings is 3. The zero-order chi connectivity index (χ0) is 22.4. The van der Waals surface area contributed by atoms with Crippen LogP contribution in [0.2, 0.25) is 0 Å². The topological polar surface area (TPSA) is 43.1 Å². The molecule has 1 aliphatic heterocycles. The van der Waals surface area contributed by atoms with Crippen molar-refractivity contribution in [2.75, 3.05) is 26.7 Å². The molecule has 3 nitrogen and oxygen atoms in total. The molecule has 2 N–H and O–H groups in total. The number of primary amides is 1. The van der Waals surface area contributed by atoms with Gasteiger partial charge in [0.15, 0.2) is 0 Å². The van der Waals surface area contributed by atoms with Gasteiger partial charge >= 0.3 is 0 Å². The molecule has 162 valence electrons. The van der Waals surface area contributed by atoms with Gasteiger partial charge in [-0.25, -0.2) is 0 Å². The number of nitrogens with zero attached hydrogens (tertiary/aromatic N) is 1. The molecule has 0 aliphatic carbocycles. The van der Waals surface area contributed by atoms with Crippen LogP contribution in [0.4, 0.5) is 0 Å². The van der Waals surface area contributed by atoms with Crippen molar-refractivity contribution in [1.82, 2.24) is 0 Å². The lowest BCUT2D eigenvalue weighted by Gasteiger charge is -2.38. The first-order chi connectivity index (χ1) is 15.5. The summed E-state index contributed by atoms with van der Waals surface area (Å²) in [4.78, 5) is 13.2. The van der Waals surface area contributed by atoms with Gasteiger partial charge in [0.25, 0.3) is 0 Å². The molecule has 0 bridgehead atoms. The minimum absolute atomic E-state index is 0.136. The summed E-state index contributed by atoms with van der Waals surface area (Å²) >= 11 is 0. The SMILES string of the molecule is C[N+]1(CCC#Cc2ccccc2)CCC(C(C(N)=O)(c2ccccc2)c2ccccc2)C1. The van der Waals surface area contributed by atoms with E-state index in [2.05, 4.69) is 18.9 Å². The van der Waals surface area contributed by atoms with Crippen molar-refractivity contribution in [3.8, 4) is 11.8 Å². The van der Waals surface area contributed by atoms with Crippen LogP contribution in [-0.4, -0.2) is 37.1 Å². The van der Waals surface area contributed by atoms with Gasteiger partial charge in [-0.15, -0.1) is 0 Å². The van der Waals surface area contributed by atoms with Gasteiger partial charge in [-0.05, 0) is 23.3 Å². The fourth-order valence-corrected chi connectivity index (χ4v) is 5.28. The van der Waals surface area contributed by atoms with E-state index in [1.54, 1.807) is 0 Å². The van der Waals surface area contributed by atoms with Gasteiger partial charge in [0, 0.05) is 17.9 Å². The summed E-state index contributed by atoms with van der Waals surface area (Å²) in [6.07, 6.45) is 1.79. The van der Waals surface area contributed by atoms with Gasteiger partial charge < -0.3 is 10.2 Å². The third-order valence-corrected chi connectivity index (χ3v) is 6.92. The van der Waals surface area contributed by atoms with Crippen LogP contribution in [0.15, 0.2) is 91.0 Å². The molecule has 4 rings (SSSR count). The van der Waals surface area contributed by atoms with Crippen molar-refractivity contribution in [3.63, 3.8) is 0 Å². The Balaban J connectivity index is 1.60. The second-order valence-electron chi connectivity index (χ2n) is 9.06. The smallest absolute Gasteiger partial charge is 0.233 e. The Kier molecular flexibility index (Phi) is 6.44. The highest BCUT2D eigenvalue weighted by molar-refractivity contribution is 5.91. The van der Waals surface area contributed by atoms with Crippen LogP contribution in [0.1, 0.15) is 29.5 Å². The van der Waals surface area contributed by atoms with E-state index in [9.17, 15) is 4.79 Å². The average molecular weight is 424 g/mol. The third kappa shape index (κ3) is 4.33. The zero-order valence-electron chi connectivity index (χ0n) is 18.7. The molecule has 3 heteroatoms. The molecule has 2 atom stereocenters. The van der Waals surface area contributed by atoms with Crippen LogP contribution >= 0.6 is 0 Å². The third-order valence-electron chi connectivity index (χ3n) is 6.92. The number of quaternary nitrogens is 1. The van der Waals surface area contributed by atoms with Crippen molar-refractivity contribution in [2.24, 2.45) is 11.7 Å². The van der Waals surface area contributed by atoms with Crippen LogP contribution in [0.3, 0.4) is 0 Å². The molecule has 1 fully saturated rings. The van der Waals surface area contributed by atoms with E-state index in [0.717, 1.165) is 53.6 Å². The minimum Gasteiger partial charge on any atom is -0.369 e. The molecule has 32 heavy (non-hydrogen) atoms. The molecule has 3 aromatic carbocycles. The Labute approximate surface area is 191 Å². The lowest BCUT2D eigenvalue weighted by atomic mass is 9.64. The molecule has 0 radical (unpaired) electrons. The first-order valence-corrected chi connectivity index (χ1v) is 11.3. The van der Waals surface area contributed by atoms with Crippen molar-refractivity contribution in [1.29, 1.82) is 0 Å². The number of carbonyl (C=O) groups is 1. The van der Waals surface area contributed by atoms with Gasteiger partial charge in [0.2, 0.25) is 5.91 Å². The largest absolute Gasteiger partial charge is 0.369 e. The number of amides is 1. The fraction of sp³-hybridized carbons (Fsp3) is 0.276. The molecular formula is C29H31N2O+. The molecule has 0 aromatic heterocycles. The summed E-state index contributed by atoms with van der Waals surface area (Å²) < 4.78 is 0.906. The van der Waals surface area contributed by atoms with E-state index in [1.807, 2.05) is 91.0 Å². The lowest BCUT2D eigenvalue weighted by Crippen LogP contribution is -2.51. The molecule has 2 unspecified atom stereocenters. The maximum Gasteiger partial charge on any atom is 0.233 e. The molecule has 0 saturated carbocycles. The van der Waals surface area contributed by atoms with E-state index >= 15 is 0 Å². The minimum atomic E-state index is -0.825. The maximum absolute atomic E-state index is 13.2. The Bertz CT molecular complexity index is 1060. The van der Waals surface area contributed by atoms with Crippen LogP contribution in [-0.2, 0) is 10.2 Å². The summed E-state index contributed by atoms with van der Waals surface area (Å²) in [5, 5.41) is 0. The van der Waals surface area contributed by atoms with Crippen LogP contribution in [0.5, 0.6) is 0 Å². The Hall–Kier alpha value is -3.35. The highest BCUT2D eigenvalue weighted by Crippen LogP contribution is 2.45. The molecule has 1 saturated heterocycles. The first-order valence-electron chi connectivity index (χ1n) is 11.3. The molecular weight excluding hydrogens is 392 g/mol. The van der Waals surface area contributed by atoms with Crippen LogP contribution < -0.4 is 5.73 Å². The number of hydrogen-bond donors (Lipinski definition) is 1. The second-order valence-corrected chi connectivity index (χ2v) is 9.06. The van der Waals surface area contributed by atoms with E-state index < -0.39 is 5.41 Å². The molecule has 3 aromatic rings. The van der Waals surface area contributed by atoms with E-state index in [-0.39, 0.29) is 11.8 Å². The highest BCUT2D eigenvalue weighted by Gasteiger charge is 2.53. The number of hydrogen-bond acceptors (Lipinski definition) is 1. The van der Waals surface area contributed by atoms with Crippen molar-refractivity contribution in [2.45, 2.75) is 18.3 Å². The van der Waals surface area contributed by atoms with Gasteiger partial charge in [-0.3, -0.25) is 4.79 Å². The standard InChI is InChI=1S/C29H30N2O/c1-31(21-12-11-15-24-13-5-2-6-14-24)22-20-27(23-31)29(28(30)32,25-16-7-3-8-17-25)26-18-9-4-10-19-26/h2-10,13-14,16-19,27H,12,20-23H2,1H3,(H-,30,32)/p+1. The van der Waals surface area contributed by atoms with Gasteiger partial charge in [-0.2, -0.15) is 0 Å². The quantitative estimate of drug-likeness (QED) is 0.464. The second kappa shape index (κ2) is 9.42. The predicted octanol–water partition coefficient (Wildman–Crippen LogP) is 4.37. The Morgan fingerprint density at radius 1 is 0.938 bits per heavy atom. The number of nitrogens with two attached hydrogens (primary N) is 1. The van der Waals surface area contributed by atoms with E-state index in [1.165, 1.54) is 0 Å². The fourth-order valence-electron chi connectivity index (χ4n) is 5.28. The first kappa shape index (κ1) is 21.9. The van der Waals surface area contributed by atoms with Crippen molar-refractivity contribution in [3.05, 3.63) is 108 Å². The van der Waals surface area contributed by atoms with Crippen molar-refractivity contribution < 1.29 is 9.28 Å². The van der Waals surface area contributed by atoms with E-state index in [4.69, 9.17) is 5.73 Å². The monoisotopic (exact) mass is 423 g/mol. The Morgan fingerprint density at radius 3 is 2.00 bits per heavy atom. The number of carbonyl (C=O) groups excluding carboxylic acids is 1. The molecule has 1 aliphatic rings. The summed E-state index contributed by atoms with van der Waals surface area (Å²) in [5.74, 6) is 6.47. The van der Waals surface area contributed by atoms with Gasteiger partial charge in [-0.1, -0.05) is 90.7 Å². The lowest BCUT2D eigenvalue weighted by molar-refractivity contribution is -0.898. The molecule has 0 spiro atoms. The van der Waals surface area contributed by atoms with Crippen molar-refractivity contribution >= 4 is 5.91 Å². The van der Waals surface area contributed by atoms with Gasteiger partial charge in [0.05, 0.1) is 33.1 Å². The zero-order valence-corrected chi connectivity index (χ0v) is 18.7. The summed E-state index contributed by atoms with van der Waals surface area (Å²) in [6, 6.07) is 30.3. The average Bonchev–Trinajstić information content (AvgIpc) is 3.21. The predicted molar refractivity (Wildman–Crippen MR) is 130 cm³/mol. The molecule has 1 heterocycles. The molecule has 1 amide bonds. The highest BCUT2D eigenvalue weighted by atomic mass is 16.1. The maximum atomic E-state index is 13.2. The van der Waals surface area contributed by atoms with E-state index in [0.29, 0.717) is 0 Å². The van der Waals surface area contributed by atoms with Crippen LogP contribution in [0.25, 0.3) is 0 Å². The normalized spacial score (nSPS) is 20.3. The number of likely N-dealkylation sites (tertiary alicyclic amines) is 1. The summed E-state index contributed by atoms with van der Waals surface area (Å²) in [7, 11) is 2.28. The van der Waals surface area contributed by atoms with Crippen LogP contribution in [0, 0.1) is 17.8 Å². The Morgan fingerprint density at radius 2 is 1.47 bits per heavy atom. The summed E-state index contributed by atoms with van der Waals surface area (Å²) in [6.45, 7) is 2.89. The van der Waals surface area contributed by atoms with Gasteiger partial charge in [0.1, 0.15) is 5.41 Å².